The van der Waals surface area contributed by atoms with Crippen LogP contribution < -0.4 is 16.2 Å². The van der Waals surface area contributed by atoms with Crippen molar-refractivity contribution in [3.05, 3.63) is 47.0 Å². The van der Waals surface area contributed by atoms with E-state index in [-0.39, 0.29) is 5.91 Å². The van der Waals surface area contributed by atoms with Gasteiger partial charge in [0, 0.05) is 12.1 Å². The molecule has 0 saturated heterocycles. The zero-order valence-corrected chi connectivity index (χ0v) is 12.3. The van der Waals surface area contributed by atoms with Crippen LogP contribution in [0.3, 0.4) is 0 Å². The third-order valence-electron chi connectivity index (χ3n) is 2.47. The molecule has 0 saturated carbocycles. The lowest BCUT2D eigenvalue weighted by molar-refractivity contribution is 0.0943. The summed E-state index contributed by atoms with van der Waals surface area (Å²) in [6.07, 6.45) is 0. The summed E-state index contributed by atoms with van der Waals surface area (Å²) in [6, 6.07) is 5.66. The van der Waals surface area contributed by atoms with Crippen molar-refractivity contribution in [1.29, 1.82) is 0 Å². The van der Waals surface area contributed by atoms with Gasteiger partial charge in [-0.1, -0.05) is 29.8 Å². The predicted octanol–water partition coefficient (Wildman–Crippen LogP) is 1.99. The molecule has 19 heavy (non-hydrogen) atoms. The maximum Gasteiger partial charge on any atom is 0.269 e. The molecule has 1 rings (SSSR count). The molecule has 0 radical (unpaired) electrons. The quantitative estimate of drug-likeness (QED) is 0.449. The van der Waals surface area contributed by atoms with Crippen LogP contribution in [0.15, 0.2) is 30.4 Å². The number of rotatable bonds is 3. The molecule has 0 atom stereocenters. The fourth-order valence-corrected chi connectivity index (χ4v) is 1.65. The van der Waals surface area contributed by atoms with Gasteiger partial charge in [0.05, 0.1) is 0 Å². The Bertz CT molecular complexity index is 511. The molecule has 1 aromatic carbocycles. The smallest absolute Gasteiger partial charge is 0.269 e. The lowest BCUT2D eigenvalue weighted by atomic mass is 10.1. The number of carbonyl (C=O) groups is 1. The van der Waals surface area contributed by atoms with Crippen LogP contribution in [0, 0.1) is 13.8 Å². The average molecular weight is 277 g/mol. The highest BCUT2D eigenvalue weighted by Crippen LogP contribution is 2.09. The van der Waals surface area contributed by atoms with Gasteiger partial charge < -0.3 is 5.32 Å². The van der Waals surface area contributed by atoms with Crippen molar-refractivity contribution in [2.75, 3.05) is 6.54 Å². The Hall–Kier alpha value is -1.88. The van der Waals surface area contributed by atoms with Crippen molar-refractivity contribution in [3.8, 4) is 0 Å². The van der Waals surface area contributed by atoms with E-state index in [9.17, 15) is 4.79 Å². The Morgan fingerprint density at radius 3 is 2.58 bits per heavy atom. The number of amides is 1. The first-order valence-corrected chi connectivity index (χ1v) is 6.37. The van der Waals surface area contributed by atoms with Gasteiger partial charge in [0.2, 0.25) is 0 Å². The molecular formula is C14H19N3OS. The molecule has 0 fully saturated rings. The van der Waals surface area contributed by atoms with Gasteiger partial charge in [-0.15, -0.1) is 0 Å². The summed E-state index contributed by atoms with van der Waals surface area (Å²) in [5, 5.41) is 3.28. The highest BCUT2D eigenvalue weighted by atomic mass is 32.1. The molecular weight excluding hydrogens is 258 g/mol. The van der Waals surface area contributed by atoms with Crippen LogP contribution in [0.1, 0.15) is 28.4 Å². The molecule has 3 N–H and O–H groups in total. The Kier molecular flexibility index (Phi) is 5.51. The van der Waals surface area contributed by atoms with E-state index in [1.54, 1.807) is 6.07 Å². The van der Waals surface area contributed by atoms with Gasteiger partial charge in [0.25, 0.3) is 5.91 Å². The van der Waals surface area contributed by atoms with Gasteiger partial charge in [0.15, 0.2) is 5.11 Å². The largest absolute Gasteiger partial charge is 0.358 e. The van der Waals surface area contributed by atoms with E-state index in [4.69, 9.17) is 12.2 Å². The van der Waals surface area contributed by atoms with E-state index in [0.717, 1.165) is 16.7 Å². The van der Waals surface area contributed by atoms with E-state index in [1.807, 2.05) is 32.9 Å². The summed E-state index contributed by atoms with van der Waals surface area (Å²) in [4.78, 5) is 11.9. The number of aryl methyl sites for hydroxylation is 2. The molecule has 0 aliphatic carbocycles. The van der Waals surface area contributed by atoms with E-state index in [2.05, 4.69) is 22.7 Å². The molecule has 0 heterocycles. The van der Waals surface area contributed by atoms with E-state index >= 15 is 0 Å². The van der Waals surface area contributed by atoms with Crippen LogP contribution in [-0.4, -0.2) is 17.6 Å². The van der Waals surface area contributed by atoms with E-state index < -0.39 is 0 Å². The molecule has 1 aromatic rings. The number of benzene rings is 1. The lowest BCUT2D eigenvalue weighted by Gasteiger charge is -2.12. The SMILES string of the molecule is C=C(C)CNC(=S)NNC(=O)c1ccc(C)cc1C. The van der Waals surface area contributed by atoms with Gasteiger partial charge in [-0.3, -0.25) is 15.6 Å². The second-order valence-corrected chi connectivity index (χ2v) is 4.95. The zero-order chi connectivity index (χ0) is 14.4. The van der Waals surface area contributed by atoms with Crippen molar-refractivity contribution in [3.63, 3.8) is 0 Å². The predicted molar refractivity (Wildman–Crippen MR) is 81.9 cm³/mol. The Morgan fingerprint density at radius 2 is 2.00 bits per heavy atom. The number of hydrogen-bond acceptors (Lipinski definition) is 2. The minimum absolute atomic E-state index is 0.211. The number of thiocarbonyl (C=S) groups is 1. The monoisotopic (exact) mass is 277 g/mol. The first kappa shape index (κ1) is 15.2. The maximum absolute atomic E-state index is 11.9. The first-order chi connectivity index (χ1) is 8.90. The fraction of sp³-hybridized carbons (Fsp3) is 0.286. The molecule has 102 valence electrons. The van der Waals surface area contributed by atoms with Crippen LogP contribution >= 0.6 is 12.2 Å². The molecule has 0 aliphatic rings. The van der Waals surface area contributed by atoms with E-state index in [0.29, 0.717) is 17.2 Å². The van der Waals surface area contributed by atoms with Crippen molar-refractivity contribution < 1.29 is 4.79 Å². The Balaban J connectivity index is 2.51. The molecule has 0 unspecified atom stereocenters. The minimum atomic E-state index is -0.211. The van der Waals surface area contributed by atoms with Gasteiger partial charge in [-0.25, -0.2) is 0 Å². The third-order valence-corrected chi connectivity index (χ3v) is 2.71. The second kappa shape index (κ2) is 6.89. The highest BCUT2D eigenvalue weighted by molar-refractivity contribution is 7.80. The van der Waals surface area contributed by atoms with Crippen molar-refractivity contribution in [2.24, 2.45) is 0 Å². The number of nitrogens with one attached hydrogen (secondary N) is 3. The number of hydrogen-bond donors (Lipinski definition) is 3. The summed E-state index contributed by atoms with van der Waals surface area (Å²) in [6.45, 7) is 10.1. The van der Waals surface area contributed by atoms with Gasteiger partial charge in [0.1, 0.15) is 0 Å². The highest BCUT2D eigenvalue weighted by Gasteiger charge is 2.08. The van der Waals surface area contributed by atoms with Crippen molar-refractivity contribution in [2.45, 2.75) is 20.8 Å². The third kappa shape index (κ3) is 5.09. The van der Waals surface area contributed by atoms with Gasteiger partial charge >= 0.3 is 0 Å². The summed E-state index contributed by atoms with van der Waals surface area (Å²) in [7, 11) is 0. The fourth-order valence-electron chi connectivity index (χ4n) is 1.52. The molecule has 4 nitrogen and oxygen atoms in total. The van der Waals surface area contributed by atoms with Crippen LogP contribution in [0.2, 0.25) is 0 Å². The average Bonchev–Trinajstić information content (AvgIpc) is 2.33. The molecule has 0 aliphatic heterocycles. The van der Waals surface area contributed by atoms with Crippen LogP contribution in [0.5, 0.6) is 0 Å². The minimum Gasteiger partial charge on any atom is -0.358 e. The first-order valence-electron chi connectivity index (χ1n) is 5.96. The summed E-state index contributed by atoms with van der Waals surface area (Å²) in [5.41, 5.74) is 8.86. The number of hydrazine groups is 1. The summed E-state index contributed by atoms with van der Waals surface area (Å²) < 4.78 is 0. The lowest BCUT2D eigenvalue weighted by Crippen LogP contribution is -2.47. The Morgan fingerprint density at radius 1 is 1.32 bits per heavy atom. The molecule has 1 amide bonds. The normalized spacial score (nSPS) is 9.63. The molecule has 0 bridgehead atoms. The summed E-state index contributed by atoms with van der Waals surface area (Å²) >= 11 is 5.02. The van der Waals surface area contributed by atoms with Crippen LogP contribution in [-0.2, 0) is 0 Å². The van der Waals surface area contributed by atoms with Gasteiger partial charge in [-0.05, 0) is 44.6 Å². The number of carbonyl (C=O) groups excluding carboxylic acids is 1. The standard InChI is InChI=1S/C14H19N3OS/c1-9(2)8-15-14(19)17-16-13(18)12-6-5-10(3)7-11(12)4/h5-7H,1,8H2,2-4H3,(H,16,18)(H2,15,17,19). The summed E-state index contributed by atoms with van der Waals surface area (Å²) in [5.74, 6) is -0.211. The Labute approximate surface area is 119 Å². The van der Waals surface area contributed by atoms with Crippen LogP contribution in [0.4, 0.5) is 0 Å². The molecule has 0 aromatic heterocycles. The van der Waals surface area contributed by atoms with Crippen molar-refractivity contribution >= 4 is 23.2 Å². The zero-order valence-electron chi connectivity index (χ0n) is 11.5. The second-order valence-electron chi connectivity index (χ2n) is 4.54. The maximum atomic E-state index is 11.9. The van der Waals surface area contributed by atoms with E-state index in [1.165, 1.54) is 0 Å². The van der Waals surface area contributed by atoms with Crippen molar-refractivity contribution in [1.82, 2.24) is 16.2 Å². The van der Waals surface area contributed by atoms with Crippen LogP contribution in [0.25, 0.3) is 0 Å². The molecule has 5 heteroatoms. The topological polar surface area (TPSA) is 53.2 Å². The molecule has 0 spiro atoms. The van der Waals surface area contributed by atoms with Gasteiger partial charge in [-0.2, -0.15) is 0 Å².